The van der Waals surface area contributed by atoms with Gasteiger partial charge in [-0.15, -0.1) is 0 Å². The molecule has 1 aromatic rings. The summed E-state index contributed by atoms with van der Waals surface area (Å²) < 4.78 is 0. The Bertz CT molecular complexity index is 486. The quantitative estimate of drug-likeness (QED) is 0.719. The second kappa shape index (κ2) is 4.56. The van der Waals surface area contributed by atoms with E-state index in [1.54, 1.807) is 0 Å². The smallest absolute Gasteiger partial charge is 0.0281 e. The fourth-order valence-electron chi connectivity index (χ4n) is 3.11. The third kappa shape index (κ3) is 2.47. The van der Waals surface area contributed by atoms with Crippen molar-refractivity contribution >= 4 is 0 Å². The van der Waals surface area contributed by atoms with E-state index in [4.69, 9.17) is 0 Å². The highest BCUT2D eigenvalue weighted by molar-refractivity contribution is 5.30. The van der Waals surface area contributed by atoms with Crippen LogP contribution in [0.4, 0.5) is 0 Å². The average molecular weight is 253 g/mol. The van der Waals surface area contributed by atoms with Crippen LogP contribution in [0.2, 0.25) is 0 Å². The lowest BCUT2D eigenvalue weighted by Crippen LogP contribution is -2.25. The summed E-state index contributed by atoms with van der Waals surface area (Å²) >= 11 is 0. The van der Waals surface area contributed by atoms with Crippen molar-refractivity contribution in [2.24, 2.45) is 11.3 Å². The summed E-state index contributed by atoms with van der Waals surface area (Å²) in [5.41, 5.74) is 3.13. The number of rotatable bonds is 6. The van der Waals surface area contributed by atoms with E-state index in [9.17, 15) is 0 Å². The van der Waals surface area contributed by atoms with Gasteiger partial charge in [0.25, 0.3) is 0 Å². The average Bonchev–Trinajstić information content (AvgIpc) is 3.32. The van der Waals surface area contributed by atoms with Crippen LogP contribution in [-0.2, 0) is 0 Å². The van der Waals surface area contributed by atoms with Crippen LogP contribution in [0.3, 0.4) is 0 Å². The van der Waals surface area contributed by atoms with E-state index in [-0.39, 0.29) is 0 Å². The molecule has 1 heteroatoms. The van der Waals surface area contributed by atoms with Crippen molar-refractivity contribution in [3.05, 3.63) is 61.0 Å². The molecule has 2 fully saturated rings. The first kappa shape index (κ1) is 12.5. The summed E-state index contributed by atoms with van der Waals surface area (Å²) in [6.45, 7) is 11.7. The van der Waals surface area contributed by atoms with Gasteiger partial charge in [0.1, 0.15) is 0 Å². The summed E-state index contributed by atoms with van der Waals surface area (Å²) in [4.78, 5) is 2.29. The summed E-state index contributed by atoms with van der Waals surface area (Å²) in [5.74, 6) is 1.42. The minimum atomic E-state index is 0.382. The largest absolute Gasteiger partial charge is 0.352 e. The maximum Gasteiger partial charge on any atom is 0.0281 e. The molecule has 0 radical (unpaired) electrons. The molecule has 0 aromatic heterocycles. The van der Waals surface area contributed by atoms with E-state index in [1.165, 1.54) is 30.5 Å². The van der Waals surface area contributed by atoms with Crippen molar-refractivity contribution < 1.29 is 0 Å². The van der Waals surface area contributed by atoms with Crippen LogP contribution in [0.25, 0.3) is 0 Å². The van der Waals surface area contributed by atoms with E-state index in [2.05, 4.69) is 55.3 Å². The van der Waals surface area contributed by atoms with Gasteiger partial charge in [-0.1, -0.05) is 50.4 Å². The monoisotopic (exact) mass is 253 g/mol. The zero-order valence-corrected chi connectivity index (χ0v) is 11.8. The molecule has 100 valence electrons. The molecule has 2 aliphatic rings. The van der Waals surface area contributed by atoms with Gasteiger partial charge in [0.2, 0.25) is 0 Å². The van der Waals surface area contributed by atoms with Crippen LogP contribution >= 0.6 is 0 Å². The Morgan fingerprint density at radius 3 is 2.63 bits per heavy atom. The summed E-state index contributed by atoms with van der Waals surface area (Å²) in [5, 5.41) is 0. The first-order valence-corrected chi connectivity index (χ1v) is 7.27. The molecule has 0 aliphatic heterocycles. The molecule has 0 spiro atoms. The summed E-state index contributed by atoms with van der Waals surface area (Å²) in [6, 6.07) is 10.9. The van der Waals surface area contributed by atoms with Crippen LogP contribution in [-0.4, -0.2) is 11.4 Å². The maximum absolute atomic E-state index is 4.25. The van der Waals surface area contributed by atoms with Crippen molar-refractivity contribution in [2.45, 2.75) is 32.1 Å². The highest BCUT2D eigenvalue weighted by Gasteiger charge is 2.51. The Kier molecular flexibility index (Phi) is 3.00. The van der Waals surface area contributed by atoms with E-state index < -0.39 is 0 Å². The van der Waals surface area contributed by atoms with E-state index in [0.29, 0.717) is 11.3 Å². The lowest BCUT2D eigenvalue weighted by atomic mass is 10.00. The van der Waals surface area contributed by atoms with Crippen LogP contribution in [0.15, 0.2) is 55.4 Å². The van der Waals surface area contributed by atoms with E-state index in [0.717, 1.165) is 12.5 Å². The molecule has 3 rings (SSSR count). The number of hydrogen-bond donors (Lipinski definition) is 0. The molecule has 2 unspecified atom stereocenters. The van der Waals surface area contributed by atoms with Crippen molar-refractivity contribution in [2.75, 3.05) is 6.54 Å². The molecular formula is C18H23N. The van der Waals surface area contributed by atoms with Gasteiger partial charge in [0, 0.05) is 12.2 Å². The molecule has 1 nitrogen and oxygen atoms in total. The van der Waals surface area contributed by atoms with Crippen molar-refractivity contribution in [3.63, 3.8) is 0 Å². The molecular weight excluding hydrogens is 230 g/mol. The highest BCUT2D eigenvalue weighted by Crippen LogP contribution is 2.59. The third-order valence-electron chi connectivity index (χ3n) is 4.72. The van der Waals surface area contributed by atoms with E-state index in [1.807, 2.05) is 6.20 Å². The van der Waals surface area contributed by atoms with Gasteiger partial charge in [-0.2, -0.15) is 0 Å². The van der Waals surface area contributed by atoms with Crippen LogP contribution in [0, 0.1) is 11.3 Å². The number of allylic oxidation sites excluding steroid dienone is 1. The van der Waals surface area contributed by atoms with Crippen LogP contribution in [0.1, 0.15) is 37.7 Å². The van der Waals surface area contributed by atoms with Gasteiger partial charge < -0.3 is 4.90 Å². The minimum absolute atomic E-state index is 0.382. The molecule has 0 N–H and O–H groups in total. The Labute approximate surface area is 116 Å². The summed E-state index contributed by atoms with van der Waals surface area (Å²) in [6.07, 6.45) is 5.86. The minimum Gasteiger partial charge on any atom is -0.352 e. The fourth-order valence-corrected chi connectivity index (χ4v) is 3.11. The first-order chi connectivity index (χ1) is 9.14. The molecule has 2 saturated carbocycles. The van der Waals surface area contributed by atoms with Crippen LogP contribution < -0.4 is 0 Å². The van der Waals surface area contributed by atoms with Crippen LogP contribution in [0.5, 0.6) is 0 Å². The molecule has 1 aromatic carbocycles. The second-order valence-corrected chi connectivity index (χ2v) is 6.40. The predicted octanol–water partition coefficient (Wildman–Crippen LogP) is 4.55. The summed E-state index contributed by atoms with van der Waals surface area (Å²) in [7, 11) is 0. The van der Waals surface area contributed by atoms with Gasteiger partial charge in [0.05, 0.1) is 0 Å². The van der Waals surface area contributed by atoms with Gasteiger partial charge in [-0.25, -0.2) is 0 Å². The third-order valence-corrected chi connectivity index (χ3v) is 4.72. The lowest BCUT2D eigenvalue weighted by Gasteiger charge is -2.26. The molecule has 2 aliphatic carbocycles. The first-order valence-electron chi connectivity index (χ1n) is 7.27. The Morgan fingerprint density at radius 2 is 2.05 bits per heavy atom. The standard InChI is InChI=1S/C18H23N/c1-4-19(14(2)15-10-11-15)13-18(3)12-17(18)16-8-6-5-7-9-16/h4-9,15,17H,1-2,10-13H2,3H3. The van der Waals surface area contributed by atoms with Gasteiger partial charge in [-0.05, 0) is 48.3 Å². The molecule has 0 saturated heterocycles. The van der Waals surface area contributed by atoms with Gasteiger partial charge in [0.15, 0.2) is 0 Å². The zero-order valence-electron chi connectivity index (χ0n) is 11.8. The van der Waals surface area contributed by atoms with Crippen molar-refractivity contribution in [1.29, 1.82) is 0 Å². The number of nitrogens with zero attached hydrogens (tertiary/aromatic N) is 1. The molecule has 0 amide bonds. The van der Waals surface area contributed by atoms with Crippen molar-refractivity contribution in [3.8, 4) is 0 Å². The molecule has 19 heavy (non-hydrogen) atoms. The number of hydrogen-bond acceptors (Lipinski definition) is 1. The highest BCUT2D eigenvalue weighted by atomic mass is 15.1. The Balaban J connectivity index is 1.66. The maximum atomic E-state index is 4.25. The molecule has 2 atom stereocenters. The fraction of sp³-hybridized carbons (Fsp3) is 0.444. The molecule has 0 heterocycles. The second-order valence-electron chi connectivity index (χ2n) is 6.40. The normalized spacial score (nSPS) is 28.8. The lowest BCUT2D eigenvalue weighted by molar-refractivity contribution is 0.345. The Morgan fingerprint density at radius 1 is 1.37 bits per heavy atom. The molecule has 0 bridgehead atoms. The zero-order chi connectivity index (χ0) is 13.5. The number of benzene rings is 1. The predicted molar refractivity (Wildman–Crippen MR) is 80.7 cm³/mol. The van der Waals surface area contributed by atoms with Gasteiger partial charge >= 0.3 is 0 Å². The SMILES string of the molecule is C=CN(CC1(C)CC1c1ccccc1)C(=C)C1CC1. The van der Waals surface area contributed by atoms with Gasteiger partial charge in [-0.3, -0.25) is 0 Å². The van der Waals surface area contributed by atoms with Crippen molar-refractivity contribution in [1.82, 2.24) is 4.90 Å². The topological polar surface area (TPSA) is 3.24 Å². The Hall–Kier alpha value is -1.50. The van der Waals surface area contributed by atoms with E-state index >= 15 is 0 Å².